The summed E-state index contributed by atoms with van der Waals surface area (Å²) in [7, 11) is 3.71. The van der Waals surface area contributed by atoms with Crippen LogP contribution in [0.25, 0.3) is 0 Å². The van der Waals surface area contributed by atoms with Crippen molar-refractivity contribution in [2.24, 2.45) is 0 Å². The molecule has 0 radical (unpaired) electrons. The van der Waals surface area contributed by atoms with Gasteiger partial charge in [-0.05, 0) is 64.4 Å². The van der Waals surface area contributed by atoms with Gasteiger partial charge in [-0.1, -0.05) is 0 Å². The second-order valence-electron chi connectivity index (χ2n) is 5.51. The summed E-state index contributed by atoms with van der Waals surface area (Å²) in [5.74, 6) is 0.962. The van der Waals surface area contributed by atoms with Crippen molar-refractivity contribution in [2.45, 2.75) is 40.2 Å². The van der Waals surface area contributed by atoms with E-state index in [0.29, 0.717) is 0 Å². The lowest BCUT2D eigenvalue weighted by atomic mass is 10.0. The number of likely N-dealkylation sites (N-methyl/N-ethyl adjacent to an activating group) is 1. The zero-order chi connectivity index (χ0) is 13.9. The maximum Gasteiger partial charge on any atom is 0.122 e. The quantitative estimate of drug-likeness (QED) is 0.842. The fourth-order valence-corrected chi connectivity index (χ4v) is 1.93. The molecule has 1 aromatic carbocycles. The van der Waals surface area contributed by atoms with Crippen LogP contribution in [0.1, 0.15) is 30.5 Å². The van der Waals surface area contributed by atoms with Crippen LogP contribution in [0.4, 0.5) is 5.69 Å². The number of rotatable bonds is 5. The van der Waals surface area contributed by atoms with Gasteiger partial charge >= 0.3 is 0 Å². The van der Waals surface area contributed by atoms with E-state index in [1.165, 1.54) is 22.4 Å². The van der Waals surface area contributed by atoms with Gasteiger partial charge in [0.25, 0.3) is 0 Å². The second kappa shape index (κ2) is 5.61. The topological polar surface area (TPSA) is 33.3 Å². The predicted octanol–water partition coefficient (Wildman–Crippen LogP) is 3.03. The zero-order valence-electron chi connectivity index (χ0n) is 12.7. The summed E-state index contributed by atoms with van der Waals surface area (Å²) in [5, 5.41) is 6.85. The number of methoxy groups -OCH3 is 1. The molecule has 0 amide bonds. The number of aryl methyl sites for hydroxylation is 1. The zero-order valence-corrected chi connectivity index (χ0v) is 12.7. The van der Waals surface area contributed by atoms with Crippen molar-refractivity contribution in [1.29, 1.82) is 0 Å². The van der Waals surface area contributed by atoms with Crippen LogP contribution in [0.5, 0.6) is 5.75 Å². The van der Waals surface area contributed by atoms with Crippen LogP contribution in [0.3, 0.4) is 0 Å². The van der Waals surface area contributed by atoms with E-state index < -0.39 is 0 Å². The highest BCUT2D eigenvalue weighted by atomic mass is 16.5. The summed E-state index contributed by atoms with van der Waals surface area (Å²) in [6.45, 7) is 11.6. The van der Waals surface area contributed by atoms with Gasteiger partial charge in [0, 0.05) is 17.8 Å². The minimum Gasteiger partial charge on any atom is -0.496 e. The molecule has 0 fully saturated rings. The molecule has 102 valence electrons. The third kappa shape index (κ3) is 3.16. The van der Waals surface area contributed by atoms with Gasteiger partial charge in [0.05, 0.1) is 7.11 Å². The molecule has 1 aromatic rings. The molecule has 0 atom stereocenters. The van der Waals surface area contributed by atoms with E-state index in [0.717, 1.165) is 12.3 Å². The first kappa shape index (κ1) is 14.8. The smallest absolute Gasteiger partial charge is 0.122 e. The number of ether oxygens (including phenoxy) is 1. The van der Waals surface area contributed by atoms with Crippen molar-refractivity contribution in [3.63, 3.8) is 0 Å². The Hall–Kier alpha value is -1.22. The normalized spacial score (nSPS) is 11.5. The number of nitrogens with one attached hydrogen (secondary N) is 2. The summed E-state index contributed by atoms with van der Waals surface area (Å²) < 4.78 is 5.39. The van der Waals surface area contributed by atoms with Gasteiger partial charge in [0.1, 0.15) is 5.75 Å². The van der Waals surface area contributed by atoms with Crippen LogP contribution >= 0.6 is 0 Å². The van der Waals surface area contributed by atoms with Gasteiger partial charge in [-0.25, -0.2) is 0 Å². The average Bonchev–Trinajstić information content (AvgIpc) is 2.33. The van der Waals surface area contributed by atoms with Crippen molar-refractivity contribution in [2.75, 3.05) is 26.0 Å². The predicted molar refractivity (Wildman–Crippen MR) is 78.8 cm³/mol. The van der Waals surface area contributed by atoms with E-state index >= 15 is 0 Å². The highest BCUT2D eigenvalue weighted by Gasteiger charge is 2.16. The molecule has 2 N–H and O–H groups in total. The molecular weight excluding hydrogens is 224 g/mol. The molecule has 0 aliphatic carbocycles. The van der Waals surface area contributed by atoms with Gasteiger partial charge in [-0.3, -0.25) is 0 Å². The highest BCUT2D eigenvalue weighted by molar-refractivity contribution is 5.63. The van der Waals surface area contributed by atoms with Gasteiger partial charge in [-0.2, -0.15) is 0 Å². The molecule has 0 spiro atoms. The number of hydrogen-bond acceptors (Lipinski definition) is 3. The Bertz CT molecular complexity index is 425. The Morgan fingerprint density at radius 2 is 1.78 bits per heavy atom. The SMILES string of the molecule is CNC(C)(C)CNc1c(C)cc(OC)c(C)c1C. The molecule has 0 saturated heterocycles. The van der Waals surface area contributed by atoms with E-state index in [1.54, 1.807) is 7.11 Å². The molecule has 0 aliphatic rings. The molecule has 0 unspecified atom stereocenters. The third-order valence-electron chi connectivity index (χ3n) is 3.65. The first-order valence-electron chi connectivity index (χ1n) is 6.40. The summed E-state index contributed by atoms with van der Waals surface area (Å²) in [5.41, 5.74) is 4.98. The highest BCUT2D eigenvalue weighted by Crippen LogP contribution is 2.31. The standard InChI is InChI=1S/C15H26N2O/c1-10-8-13(18-7)11(2)12(3)14(10)17-9-15(4,5)16-6/h8,16-17H,9H2,1-7H3. The molecule has 0 aromatic heterocycles. The molecule has 3 nitrogen and oxygen atoms in total. The number of benzene rings is 1. The van der Waals surface area contributed by atoms with Crippen molar-refractivity contribution in [3.8, 4) is 5.75 Å². The summed E-state index contributed by atoms with van der Waals surface area (Å²) in [6.07, 6.45) is 0. The molecular formula is C15H26N2O. The van der Waals surface area contributed by atoms with Crippen LogP contribution in [-0.2, 0) is 0 Å². The van der Waals surface area contributed by atoms with Crippen LogP contribution < -0.4 is 15.4 Å². The summed E-state index contributed by atoms with van der Waals surface area (Å²) in [4.78, 5) is 0. The Balaban J connectivity index is 3.00. The Kier molecular flexibility index (Phi) is 4.63. The fraction of sp³-hybridized carbons (Fsp3) is 0.600. The fourth-order valence-electron chi connectivity index (χ4n) is 1.93. The molecule has 0 heterocycles. The van der Waals surface area contributed by atoms with E-state index in [9.17, 15) is 0 Å². The van der Waals surface area contributed by atoms with Crippen molar-refractivity contribution in [1.82, 2.24) is 5.32 Å². The lowest BCUT2D eigenvalue weighted by Gasteiger charge is -2.27. The Morgan fingerprint density at radius 1 is 1.17 bits per heavy atom. The van der Waals surface area contributed by atoms with Gasteiger partial charge in [0.15, 0.2) is 0 Å². The van der Waals surface area contributed by atoms with E-state index in [4.69, 9.17) is 4.74 Å². The maximum absolute atomic E-state index is 5.39. The summed E-state index contributed by atoms with van der Waals surface area (Å²) >= 11 is 0. The van der Waals surface area contributed by atoms with Crippen LogP contribution in [0.2, 0.25) is 0 Å². The molecule has 18 heavy (non-hydrogen) atoms. The van der Waals surface area contributed by atoms with Crippen LogP contribution in [0.15, 0.2) is 6.07 Å². The molecule has 0 saturated carbocycles. The van der Waals surface area contributed by atoms with Crippen molar-refractivity contribution in [3.05, 3.63) is 22.8 Å². The lowest BCUT2D eigenvalue weighted by molar-refractivity contribution is 0.411. The van der Waals surface area contributed by atoms with Crippen LogP contribution in [-0.4, -0.2) is 26.2 Å². The molecule has 3 heteroatoms. The van der Waals surface area contributed by atoms with Crippen LogP contribution in [0, 0.1) is 20.8 Å². The van der Waals surface area contributed by atoms with Gasteiger partial charge in [-0.15, -0.1) is 0 Å². The maximum atomic E-state index is 5.39. The minimum absolute atomic E-state index is 0.0761. The average molecular weight is 250 g/mol. The Labute approximate surface area is 111 Å². The van der Waals surface area contributed by atoms with E-state index in [2.05, 4.69) is 51.3 Å². The number of hydrogen-bond donors (Lipinski definition) is 2. The Morgan fingerprint density at radius 3 is 2.28 bits per heavy atom. The monoisotopic (exact) mass is 250 g/mol. The van der Waals surface area contributed by atoms with E-state index in [-0.39, 0.29) is 5.54 Å². The van der Waals surface area contributed by atoms with Crippen molar-refractivity contribution >= 4 is 5.69 Å². The largest absolute Gasteiger partial charge is 0.496 e. The van der Waals surface area contributed by atoms with Gasteiger partial charge in [0.2, 0.25) is 0 Å². The first-order valence-corrected chi connectivity index (χ1v) is 6.40. The molecule has 1 rings (SSSR count). The lowest BCUT2D eigenvalue weighted by Crippen LogP contribution is -2.43. The van der Waals surface area contributed by atoms with Crippen molar-refractivity contribution < 1.29 is 4.74 Å². The van der Waals surface area contributed by atoms with E-state index in [1.807, 2.05) is 7.05 Å². The third-order valence-corrected chi connectivity index (χ3v) is 3.65. The number of anilines is 1. The van der Waals surface area contributed by atoms with Gasteiger partial charge < -0.3 is 15.4 Å². The second-order valence-corrected chi connectivity index (χ2v) is 5.51. The molecule has 0 aliphatic heterocycles. The first-order chi connectivity index (χ1) is 8.32. The summed E-state index contributed by atoms with van der Waals surface area (Å²) in [6, 6.07) is 2.09. The molecule has 0 bridgehead atoms. The minimum atomic E-state index is 0.0761.